The van der Waals surface area contributed by atoms with Crippen LogP contribution in [0.5, 0.6) is 0 Å². The van der Waals surface area contributed by atoms with Crippen LogP contribution in [0.3, 0.4) is 0 Å². The summed E-state index contributed by atoms with van der Waals surface area (Å²) in [5, 5.41) is 0. The third-order valence-electron chi connectivity index (χ3n) is 2.76. The fourth-order valence-corrected chi connectivity index (χ4v) is 1.93. The fourth-order valence-electron chi connectivity index (χ4n) is 1.93. The lowest BCUT2D eigenvalue weighted by Gasteiger charge is -2.31. The molecule has 1 heterocycles. The average molecular weight is 169 g/mol. The SMILES string of the molecule is CC(C)CCN1CCC[C@@H](C)C1. The predicted octanol–water partition coefficient (Wildman–Crippen LogP) is 2.76. The van der Waals surface area contributed by atoms with E-state index < -0.39 is 0 Å². The maximum Gasteiger partial charge on any atom is 0.000703 e. The lowest BCUT2D eigenvalue weighted by atomic mass is 9.99. The maximum absolute atomic E-state index is 2.63. The van der Waals surface area contributed by atoms with E-state index in [4.69, 9.17) is 0 Å². The Morgan fingerprint density at radius 1 is 1.42 bits per heavy atom. The highest BCUT2D eigenvalue weighted by Crippen LogP contribution is 2.16. The first-order valence-corrected chi connectivity index (χ1v) is 5.41. The number of rotatable bonds is 3. The molecule has 0 aromatic carbocycles. The Labute approximate surface area is 77.1 Å². The molecule has 1 fully saturated rings. The van der Waals surface area contributed by atoms with E-state index in [1.54, 1.807) is 0 Å². The van der Waals surface area contributed by atoms with E-state index in [2.05, 4.69) is 25.7 Å². The molecule has 0 unspecified atom stereocenters. The second-order valence-corrected chi connectivity index (χ2v) is 4.73. The van der Waals surface area contributed by atoms with E-state index in [0.29, 0.717) is 0 Å². The largest absolute Gasteiger partial charge is 0.303 e. The monoisotopic (exact) mass is 169 g/mol. The van der Waals surface area contributed by atoms with E-state index in [0.717, 1.165) is 11.8 Å². The highest BCUT2D eigenvalue weighted by Gasteiger charge is 2.15. The predicted molar refractivity (Wildman–Crippen MR) is 54.3 cm³/mol. The van der Waals surface area contributed by atoms with Crippen LogP contribution in [0, 0.1) is 11.8 Å². The summed E-state index contributed by atoms with van der Waals surface area (Å²) < 4.78 is 0. The molecular weight excluding hydrogens is 146 g/mol. The minimum Gasteiger partial charge on any atom is -0.303 e. The molecule has 72 valence electrons. The van der Waals surface area contributed by atoms with Crippen LogP contribution < -0.4 is 0 Å². The van der Waals surface area contributed by atoms with Gasteiger partial charge in [0.05, 0.1) is 0 Å². The molecule has 1 aliphatic rings. The number of hydrogen-bond acceptors (Lipinski definition) is 1. The van der Waals surface area contributed by atoms with Crippen LogP contribution in [-0.4, -0.2) is 24.5 Å². The van der Waals surface area contributed by atoms with Gasteiger partial charge in [-0.05, 0) is 44.2 Å². The lowest BCUT2D eigenvalue weighted by molar-refractivity contribution is 0.176. The van der Waals surface area contributed by atoms with E-state index in [1.807, 2.05) is 0 Å². The molecule has 12 heavy (non-hydrogen) atoms. The third kappa shape index (κ3) is 3.57. The average Bonchev–Trinajstić information content (AvgIpc) is 2.01. The van der Waals surface area contributed by atoms with E-state index in [-0.39, 0.29) is 0 Å². The molecule has 0 N–H and O–H groups in total. The summed E-state index contributed by atoms with van der Waals surface area (Å²) in [6.07, 6.45) is 4.23. The number of hydrogen-bond donors (Lipinski definition) is 0. The second-order valence-electron chi connectivity index (χ2n) is 4.73. The van der Waals surface area contributed by atoms with Crippen molar-refractivity contribution >= 4 is 0 Å². The van der Waals surface area contributed by atoms with Gasteiger partial charge in [0.25, 0.3) is 0 Å². The first kappa shape index (κ1) is 10.0. The van der Waals surface area contributed by atoms with Crippen LogP contribution >= 0.6 is 0 Å². The van der Waals surface area contributed by atoms with Gasteiger partial charge < -0.3 is 4.90 Å². The summed E-state index contributed by atoms with van der Waals surface area (Å²) >= 11 is 0. The Kier molecular flexibility index (Phi) is 4.07. The number of piperidine rings is 1. The highest BCUT2D eigenvalue weighted by molar-refractivity contribution is 4.69. The van der Waals surface area contributed by atoms with Gasteiger partial charge in [0.1, 0.15) is 0 Å². The minimum absolute atomic E-state index is 0.863. The Morgan fingerprint density at radius 3 is 2.75 bits per heavy atom. The molecule has 1 rings (SSSR count). The molecule has 1 heteroatoms. The number of likely N-dealkylation sites (tertiary alicyclic amines) is 1. The zero-order valence-corrected chi connectivity index (χ0v) is 8.84. The quantitative estimate of drug-likeness (QED) is 0.628. The zero-order chi connectivity index (χ0) is 8.97. The molecule has 1 aliphatic heterocycles. The Balaban J connectivity index is 2.14. The summed E-state index contributed by atoms with van der Waals surface area (Å²) in [5.41, 5.74) is 0. The molecule has 0 aliphatic carbocycles. The molecule has 0 aromatic rings. The van der Waals surface area contributed by atoms with E-state index in [1.165, 1.54) is 38.9 Å². The van der Waals surface area contributed by atoms with Crippen LogP contribution in [-0.2, 0) is 0 Å². The van der Waals surface area contributed by atoms with Crippen molar-refractivity contribution in [1.29, 1.82) is 0 Å². The normalized spacial score (nSPS) is 26.5. The molecule has 0 amide bonds. The van der Waals surface area contributed by atoms with Crippen molar-refractivity contribution in [3.63, 3.8) is 0 Å². The van der Waals surface area contributed by atoms with Crippen LogP contribution in [0.15, 0.2) is 0 Å². The van der Waals surface area contributed by atoms with Crippen molar-refractivity contribution in [3.8, 4) is 0 Å². The third-order valence-corrected chi connectivity index (χ3v) is 2.76. The van der Waals surface area contributed by atoms with Crippen molar-refractivity contribution in [2.75, 3.05) is 19.6 Å². The molecule has 0 aromatic heterocycles. The molecule has 1 nitrogen and oxygen atoms in total. The maximum atomic E-state index is 2.63. The van der Waals surface area contributed by atoms with Crippen molar-refractivity contribution in [3.05, 3.63) is 0 Å². The topological polar surface area (TPSA) is 3.24 Å². The minimum atomic E-state index is 0.863. The first-order chi connectivity index (χ1) is 5.68. The second kappa shape index (κ2) is 4.86. The zero-order valence-electron chi connectivity index (χ0n) is 8.84. The van der Waals surface area contributed by atoms with Crippen molar-refractivity contribution < 1.29 is 0 Å². The van der Waals surface area contributed by atoms with Crippen molar-refractivity contribution in [1.82, 2.24) is 4.90 Å². The molecule has 0 saturated carbocycles. The fraction of sp³-hybridized carbons (Fsp3) is 1.00. The Morgan fingerprint density at radius 2 is 2.17 bits per heavy atom. The summed E-state index contributed by atoms with van der Waals surface area (Å²) in [4.78, 5) is 2.63. The van der Waals surface area contributed by atoms with Gasteiger partial charge in [0.15, 0.2) is 0 Å². The molecule has 1 saturated heterocycles. The van der Waals surface area contributed by atoms with E-state index in [9.17, 15) is 0 Å². The van der Waals surface area contributed by atoms with E-state index >= 15 is 0 Å². The summed E-state index contributed by atoms with van der Waals surface area (Å²) in [5.74, 6) is 1.80. The molecule has 0 spiro atoms. The molecule has 1 atom stereocenters. The van der Waals surface area contributed by atoms with Gasteiger partial charge in [-0.15, -0.1) is 0 Å². The summed E-state index contributed by atoms with van der Waals surface area (Å²) in [6, 6.07) is 0. The van der Waals surface area contributed by atoms with Crippen LogP contribution in [0.25, 0.3) is 0 Å². The van der Waals surface area contributed by atoms with Gasteiger partial charge in [-0.3, -0.25) is 0 Å². The lowest BCUT2D eigenvalue weighted by Crippen LogP contribution is -2.35. The Bertz CT molecular complexity index is 120. The van der Waals surface area contributed by atoms with Gasteiger partial charge in [0.2, 0.25) is 0 Å². The van der Waals surface area contributed by atoms with Gasteiger partial charge in [0, 0.05) is 6.54 Å². The molecular formula is C11H23N. The standard InChI is InChI=1S/C11H23N/c1-10(2)6-8-12-7-4-5-11(3)9-12/h10-11H,4-9H2,1-3H3/t11-/m1/s1. The van der Waals surface area contributed by atoms with Crippen LogP contribution in [0.2, 0.25) is 0 Å². The smallest absolute Gasteiger partial charge is 0.000703 e. The van der Waals surface area contributed by atoms with Gasteiger partial charge in [-0.1, -0.05) is 20.8 Å². The summed E-state index contributed by atoms with van der Waals surface area (Å²) in [7, 11) is 0. The number of nitrogens with zero attached hydrogens (tertiary/aromatic N) is 1. The Hall–Kier alpha value is -0.0400. The van der Waals surface area contributed by atoms with Gasteiger partial charge in [-0.25, -0.2) is 0 Å². The summed E-state index contributed by atoms with van der Waals surface area (Å²) in [6.45, 7) is 11.0. The van der Waals surface area contributed by atoms with Gasteiger partial charge >= 0.3 is 0 Å². The highest BCUT2D eigenvalue weighted by atomic mass is 15.1. The van der Waals surface area contributed by atoms with Crippen molar-refractivity contribution in [2.45, 2.75) is 40.0 Å². The molecule has 0 radical (unpaired) electrons. The van der Waals surface area contributed by atoms with Gasteiger partial charge in [-0.2, -0.15) is 0 Å². The van der Waals surface area contributed by atoms with Crippen LogP contribution in [0.1, 0.15) is 40.0 Å². The first-order valence-electron chi connectivity index (χ1n) is 5.41. The van der Waals surface area contributed by atoms with Crippen LogP contribution in [0.4, 0.5) is 0 Å². The van der Waals surface area contributed by atoms with Crippen molar-refractivity contribution in [2.24, 2.45) is 11.8 Å². The molecule has 0 bridgehead atoms.